The zero-order valence-electron chi connectivity index (χ0n) is 18.5. The average molecular weight is 498 g/mol. The van der Waals surface area contributed by atoms with Gasteiger partial charge in [-0.2, -0.15) is 11.1 Å². The quantitative estimate of drug-likeness (QED) is 0.236. The second-order valence-corrected chi connectivity index (χ2v) is 17.1. The molecule has 30 heavy (non-hydrogen) atoms. The third-order valence-corrected chi connectivity index (χ3v) is 5.15. The second-order valence-electron chi connectivity index (χ2n) is 7.73. The fourth-order valence-corrected chi connectivity index (χ4v) is 3.29. The van der Waals surface area contributed by atoms with Crippen molar-refractivity contribution in [2.45, 2.75) is 40.8 Å². The van der Waals surface area contributed by atoms with Gasteiger partial charge < -0.3 is 0 Å². The van der Waals surface area contributed by atoms with Crippen LogP contribution in [0.25, 0.3) is 21.9 Å². The van der Waals surface area contributed by atoms with Crippen LogP contribution in [0.1, 0.15) is 27.7 Å². The minimum Gasteiger partial charge on any atom is -0.207 e. The zero-order chi connectivity index (χ0) is 22.4. The number of halogens is 2. The van der Waals surface area contributed by atoms with Crippen LogP contribution in [0.15, 0.2) is 71.3 Å². The van der Waals surface area contributed by atoms with Crippen molar-refractivity contribution >= 4 is 16.2 Å². The van der Waals surface area contributed by atoms with Gasteiger partial charge in [-0.05, 0) is 12.1 Å². The molecule has 0 fully saturated rings. The van der Waals surface area contributed by atoms with Crippen molar-refractivity contribution in [3.8, 4) is 11.1 Å². The number of hydrogen-bond donors (Lipinski definition) is 0. The Morgan fingerprint density at radius 3 is 2.00 bits per heavy atom. The molecule has 0 spiro atoms. The number of benzene rings is 2. The zero-order valence-corrected chi connectivity index (χ0v) is 22.0. The molecule has 0 bridgehead atoms. The number of fused-ring (bicyclic) bond motifs is 1. The van der Waals surface area contributed by atoms with E-state index in [0.717, 1.165) is 10.8 Å². The molecule has 1 aliphatic rings. The largest absolute Gasteiger partial charge is 0.207 e. The van der Waals surface area contributed by atoms with Crippen LogP contribution in [0.2, 0.25) is 13.1 Å². The van der Waals surface area contributed by atoms with E-state index in [2.05, 4.69) is 46.9 Å². The summed E-state index contributed by atoms with van der Waals surface area (Å²) < 4.78 is 27.4. The standard InChI is InChI=1S/C15H9F2.C9H13.C2H6Si.Zr/c16-13-6-3-7-14(17)15(13)12-9-8-10-4-1-2-5-11(10)12;1-6-5-7(2)9(4)8(6)3;1-3-2;/h1-9H;6H,1-4H3;1-2H3;/q2*-1;;+2. The van der Waals surface area contributed by atoms with Crippen LogP contribution in [-0.2, 0) is 23.3 Å². The summed E-state index contributed by atoms with van der Waals surface area (Å²) in [5.74, 6) is -0.493. The maximum Gasteiger partial charge on any atom is 0.123 e. The van der Waals surface area contributed by atoms with E-state index < -0.39 is 11.6 Å². The van der Waals surface area contributed by atoms with Gasteiger partial charge in [0.15, 0.2) is 0 Å². The second kappa shape index (κ2) is 11.2. The Hall–Kier alpha value is -1.51. The van der Waals surface area contributed by atoms with Crippen LogP contribution in [0.4, 0.5) is 8.78 Å². The Bertz CT molecular complexity index is 1080. The molecule has 0 amide bonds. The molecule has 4 heteroatoms. The Kier molecular flexibility index (Phi) is 9.25. The summed E-state index contributed by atoms with van der Waals surface area (Å²) in [5, 5.41) is 1.86. The average Bonchev–Trinajstić information content (AvgIpc) is 3.19. The molecule has 0 saturated heterocycles. The van der Waals surface area contributed by atoms with Crippen LogP contribution in [0, 0.1) is 23.6 Å². The summed E-state index contributed by atoms with van der Waals surface area (Å²) >= 11 is 1.74. The molecule has 0 N–H and O–H groups in total. The molecular weight excluding hydrogens is 470 g/mol. The van der Waals surface area contributed by atoms with E-state index >= 15 is 0 Å². The van der Waals surface area contributed by atoms with Gasteiger partial charge in [0.05, 0.1) is 0 Å². The van der Waals surface area contributed by atoms with Gasteiger partial charge in [-0.1, -0.05) is 38.8 Å². The van der Waals surface area contributed by atoms with Crippen molar-refractivity contribution in [3.05, 3.63) is 89.0 Å². The number of allylic oxidation sites excluding steroid dienone is 4. The SMILES string of the molecule is CC1=[C-]C(C)C(C)=C1C.C[Si](C)=[Zr+2].Fc1cccc(F)c1-c1c[cH-]c2ccccc12. The van der Waals surface area contributed by atoms with Gasteiger partial charge in [0.1, 0.15) is 11.6 Å². The van der Waals surface area contributed by atoms with Crippen molar-refractivity contribution in [2.75, 3.05) is 0 Å². The van der Waals surface area contributed by atoms with E-state index in [-0.39, 0.29) is 11.0 Å². The molecule has 1 unspecified atom stereocenters. The van der Waals surface area contributed by atoms with Gasteiger partial charge in [-0.25, -0.2) is 14.4 Å². The van der Waals surface area contributed by atoms with Crippen LogP contribution < -0.4 is 0 Å². The van der Waals surface area contributed by atoms with Crippen LogP contribution in [-0.4, -0.2) is 5.43 Å². The van der Waals surface area contributed by atoms with Gasteiger partial charge in [-0.15, -0.1) is 53.6 Å². The minimum atomic E-state index is -0.527. The minimum absolute atomic E-state index is 0.0497. The summed E-state index contributed by atoms with van der Waals surface area (Å²) in [4.78, 5) is 0. The van der Waals surface area contributed by atoms with Gasteiger partial charge >= 0.3 is 41.9 Å². The fraction of sp³-hybridized carbons (Fsp3) is 0.269. The van der Waals surface area contributed by atoms with Crippen molar-refractivity contribution in [1.82, 2.24) is 0 Å². The first-order chi connectivity index (χ1) is 14.1. The smallest absolute Gasteiger partial charge is 0.123 e. The Balaban J connectivity index is 0.000000207. The van der Waals surface area contributed by atoms with Gasteiger partial charge in [-0.3, -0.25) is 6.08 Å². The molecule has 0 radical (unpaired) electrons. The summed E-state index contributed by atoms with van der Waals surface area (Å²) in [7, 11) is 0. The Morgan fingerprint density at radius 1 is 0.967 bits per heavy atom. The molecule has 4 rings (SSSR count). The number of rotatable bonds is 1. The maximum absolute atomic E-state index is 13.7. The van der Waals surface area contributed by atoms with Crippen LogP contribution >= 0.6 is 0 Å². The predicted molar refractivity (Wildman–Crippen MR) is 122 cm³/mol. The maximum atomic E-state index is 13.7. The predicted octanol–water partition coefficient (Wildman–Crippen LogP) is 8.01. The summed E-state index contributed by atoms with van der Waals surface area (Å²) in [6.45, 7) is 13.3. The number of hydrogen-bond acceptors (Lipinski definition) is 0. The first-order valence-electron chi connectivity index (χ1n) is 10.0. The molecule has 3 aromatic carbocycles. The molecule has 0 nitrogen and oxygen atoms in total. The molecule has 154 valence electrons. The normalized spacial score (nSPS) is 15.3. The molecule has 0 aliphatic heterocycles. The molecular formula is C26H28F2SiZr. The van der Waals surface area contributed by atoms with Crippen LogP contribution in [0.3, 0.4) is 0 Å². The molecule has 3 aromatic rings. The first-order valence-corrected chi connectivity index (χ1v) is 16.2. The van der Waals surface area contributed by atoms with Crippen molar-refractivity contribution in [1.29, 1.82) is 0 Å². The van der Waals surface area contributed by atoms with Crippen molar-refractivity contribution in [3.63, 3.8) is 0 Å². The van der Waals surface area contributed by atoms with Crippen molar-refractivity contribution in [2.24, 2.45) is 5.92 Å². The third-order valence-electron chi connectivity index (χ3n) is 5.15. The van der Waals surface area contributed by atoms with Gasteiger partial charge in [0.2, 0.25) is 0 Å². The summed E-state index contributed by atoms with van der Waals surface area (Å²) in [6.07, 6.45) is 3.36. The van der Waals surface area contributed by atoms with Gasteiger partial charge in [0.25, 0.3) is 0 Å². The van der Waals surface area contributed by atoms with Crippen LogP contribution in [0.5, 0.6) is 0 Å². The van der Waals surface area contributed by atoms with Crippen molar-refractivity contribution < 1.29 is 32.1 Å². The topological polar surface area (TPSA) is 0 Å². The Labute approximate surface area is 194 Å². The van der Waals surface area contributed by atoms with Gasteiger partial charge in [0, 0.05) is 5.56 Å². The summed E-state index contributed by atoms with van der Waals surface area (Å²) in [5.41, 5.74) is 5.11. The van der Waals surface area contributed by atoms with E-state index in [1.807, 2.05) is 30.3 Å². The summed E-state index contributed by atoms with van der Waals surface area (Å²) in [6, 6.07) is 15.1. The van der Waals surface area contributed by atoms with E-state index in [0.29, 0.717) is 11.5 Å². The molecule has 0 saturated carbocycles. The molecule has 0 heterocycles. The molecule has 0 aromatic heterocycles. The monoisotopic (exact) mass is 496 g/mol. The molecule has 1 atom stereocenters. The van der Waals surface area contributed by atoms with E-state index in [9.17, 15) is 8.78 Å². The fourth-order valence-electron chi connectivity index (χ4n) is 3.29. The first kappa shape index (κ1) is 24.8. The third kappa shape index (κ3) is 6.25. The molecule has 1 aliphatic carbocycles. The van der Waals surface area contributed by atoms with E-state index in [1.165, 1.54) is 34.9 Å². The van der Waals surface area contributed by atoms with E-state index in [1.54, 1.807) is 29.4 Å². The van der Waals surface area contributed by atoms with E-state index in [4.69, 9.17) is 0 Å². The Morgan fingerprint density at radius 2 is 1.53 bits per heavy atom.